The van der Waals surface area contributed by atoms with Crippen LogP contribution in [0.5, 0.6) is 0 Å². The summed E-state index contributed by atoms with van der Waals surface area (Å²) in [6.07, 6.45) is 0.888. The standard InChI is InChI=1S/C12H14N2O/c1-4-11-10-7-5-6-9(8(2)15)12(10)14(3)13-11/h5-7H,4H2,1-3H3. The van der Waals surface area contributed by atoms with Gasteiger partial charge in [0.15, 0.2) is 5.78 Å². The van der Waals surface area contributed by atoms with Crippen LogP contribution in [0.1, 0.15) is 29.9 Å². The van der Waals surface area contributed by atoms with Gasteiger partial charge in [-0.15, -0.1) is 0 Å². The lowest BCUT2D eigenvalue weighted by molar-refractivity contribution is 0.101. The number of ketones is 1. The van der Waals surface area contributed by atoms with Crippen molar-refractivity contribution in [2.45, 2.75) is 20.3 Å². The van der Waals surface area contributed by atoms with E-state index in [9.17, 15) is 4.79 Å². The lowest BCUT2D eigenvalue weighted by atomic mass is 10.1. The first-order valence-corrected chi connectivity index (χ1v) is 5.10. The maximum Gasteiger partial charge on any atom is 0.161 e. The molecular weight excluding hydrogens is 188 g/mol. The van der Waals surface area contributed by atoms with E-state index in [2.05, 4.69) is 12.0 Å². The highest BCUT2D eigenvalue weighted by molar-refractivity contribution is 6.06. The van der Waals surface area contributed by atoms with Gasteiger partial charge in [0.1, 0.15) is 0 Å². The summed E-state index contributed by atoms with van der Waals surface area (Å²) in [5.74, 6) is 0.0891. The smallest absolute Gasteiger partial charge is 0.161 e. The Kier molecular flexibility index (Phi) is 2.31. The molecule has 0 aliphatic rings. The molecule has 2 rings (SSSR count). The number of benzene rings is 1. The molecule has 2 aromatic rings. The van der Waals surface area contributed by atoms with Crippen molar-refractivity contribution in [3.63, 3.8) is 0 Å². The van der Waals surface area contributed by atoms with E-state index in [4.69, 9.17) is 0 Å². The molecule has 0 bridgehead atoms. The van der Waals surface area contributed by atoms with Gasteiger partial charge in [-0.25, -0.2) is 0 Å². The van der Waals surface area contributed by atoms with Crippen molar-refractivity contribution >= 4 is 16.7 Å². The molecule has 78 valence electrons. The van der Waals surface area contributed by atoms with Gasteiger partial charge in [0.2, 0.25) is 0 Å². The van der Waals surface area contributed by atoms with Crippen molar-refractivity contribution in [1.29, 1.82) is 0 Å². The summed E-state index contributed by atoms with van der Waals surface area (Å²) < 4.78 is 1.80. The van der Waals surface area contributed by atoms with Crippen LogP contribution in [0.25, 0.3) is 10.9 Å². The van der Waals surface area contributed by atoms with Crippen molar-refractivity contribution < 1.29 is 4.79 Å². The second-order valence-corrected chi connectivity index (χ2v) is 3.68. The minimum absolute atomic E-state index is 0.0891. The first-order valence-electron chi connectivity index (χ1n) is 5.10. The average Bonchev–Trinajstić information content (AvgIpc) is 2.55. The van der Waals surface area contributed by atoms with E-state index in [0.29, 0.717) is 0 Å². The monoisotopic (exact) mass is 202 g/mol. The first-order chi connectivity index (χ1) is 7.15. The molecule has 0 saturated heterocycles. The van der Waals surface area contributed by atoms with Gasteiger partial charge in [0.05, 0.1) is 11.2 Å². The van der Waals surface area contributed by atoms with E-state index in [0.717, 1.165) is 28.6 Å². The summed E-state index contributed by atoms with van der Waals surface area (Å²) in [5, 5.41) is 5.51. The van der Waals surface area contributed by atoms with Crippen molar-refractivity contribution in [2.75, 3.05) is 0 Å². The molecule has 0 amide bonds. The third kappa shape index (κ3) is 1.44. The second kappa shape index (κ2) is 3.50. The number of hydrogen-bond acceptors (Lipinski definition) is 2. The van der Waals surface area contributed by atoms with Crippen molar-refractivity contribution in [1.82, 2.24) is 9.78 Å². The predicted octanol–water partition coefficient (Wildman–Crippen LogP) is 2.34. The minimum Gasteiger partial charge on any atom is -0.294 e. The number of nitrogens with zero attached hydrogens (tertiary/aromatic N) is 2. The molecule has 15 heavy (non-hydrogen) atoms. The van der Waals surface area contributed by atoms with Crippen LogP contribution in [0.4, 0.5) is 0 Å². The van der Waals surface area contributed by atoms with Gasteiger partial charge in [-0.05, 0) is 19.4 Å². The first kappa shape index (κ1) is 9.90. The summed E-state index contributed by atoms with van der Waals surface area (Å²) >= 11 is 0. The van der Waals surface area contributed by atoms with Crippen molar-refractivity contribution in [3.8, 4) is 0 Å². The molecule has 0 spiro atoms. The van der Waals surface area contributed by atoms with E-state index < -0.39 is 0 Å². The van der Waals surface area contributed by atoms with E-state index in [-0.39, 0.29) is 5.78 Å². The van der Waals surface area contributed by atoms with Gasteiger partial charge in [0.25, 0.3) is 0 Å². The summed E-state index contributed by atoms with van der Waals surface area (Å²) in [4.78, 5) is 11.5. The topological polar surface area (TPSA) is 34.9 Å². The Bertz CT molecular complexity index is 526. The number of rotatable bonds is 2. The zero-order valence-electron chi connectivity index (χ0n) is 9.24. The molecule has 0 aliphatic heterocycles. The predicted molar refractivity (Wildman–Crippen MR) is 60.1 cm³/mol. The Balaban J connectivity index is 2.86. The Hall–Kier alpha value is -1.64. The zero-order valence-corrected chi connectivity index (χ0v) is 9.24. The number of carbonyl (C=O) groups is 1. The maximum atomic E-state index is 11.5. The Morgan fingerprint density at radius 1 is 1.47 bits per heavy atom. The van der Waals surface area contributed by atoms with Gasteiger partial charge < -0.3 is 0 Å². The molecule has 0 fully saturated rings. The van der Waals surface area contributed by atoms with Gasteiger partial charge in [-0.2, -0.15) is 5.10 Å². The van der Waals surface area contributed by atoms with E-state index in [1.807, 2.05) is 25.2 Å². The number of hydrogen-bond donors (Lipinski definition) is 0. The molecule has 1 heterocycles. The molecule has 3 heteroatoms. The maximum absolute atomic E-state index is 11.5. The largest absolute Gasteiger partial charge is 0.294 e. The Morgan fingerprint density at radius 2 is 2.20 bits per heavy atom. The molecule has 0 saturated carbocycles. The third-order valence-corrected chi connectivity index (χ3v) is 2.66. The van der Waals surface area contributed by atoms with Crippen LogP contribution in [0, 0.1) is 0 Å². The van der Waals surface area contributed by atoms with E-state index in [1.54, 1.807) is 11.6 Å². The second-order valence-electron chi connectivity index (χ2n) is 3.68. The van der Waals surface area contributed by atoms with Crippen LogP contribution < -0.4 is 0 Å². The number of aryl methyl sites for hydroxylation is 2. The van der Waals surface area contributed by atoms with E-state index in [1.165, 1.54) is 0 Å². The van der Waals surface area contributed by atoms with E-state index >= 15 is 0 Å². The summed E-state index contributed by atoms with van der Waals surface area (Å²) in [6, 6.07) is 5.79. The van der Waals surface area contributed by atoms with Crippen molar-refractivity contribution in [3.05, 3.63) is 29.5 Å². The molecule has 0 N–H and O–H groups in total. The SMILES string of the molecule is CCc1nn(C)c2c(C(C)=O)cccc12. The highest BCUT2D eigenvalue weighted by Gasteiger charge is 2.12. The average molecular weight is 202 g/mol. The van der Waals surface area contributed by atoms with Crippen LogP contribution >= 0.6 is 0 Å². The van der Waals surface area contributed by atoms with Crippen molar-refractivity contribution in [2.24, 2.45) is 7.05 Å². The zero-order chi connectivity index (χ0) is 11.0. The van der Waals surface area contributed by atoms with Crippen LogP contribution in [0.2, 0.25) is 0 Å². The highest BCUT2D eigenvalue weighted by atomic mass is 16.1. The van der Waals surface area contributed by atoms with Gasteiger partial charge in [0, 0.05) is 18.0 Å². The molecule has 1 aromatic carbocycles. The molecule has 1 aromatic heterocycles. The third-order valence-electron chi connectivity index (χ3n) is 2.66. The molecule has 0 aliphatic carbocycles. The lowest BCUT2D eigenvalue weighted by Crippen LogP contribution is -1.98. The fourth-order valence-electron chi connectivity index (χ4n) is 1.96. The van der Waals surface area contributed by atoms with Crippen LogP contribution in [0.3, 0.4) is 0 Å². The number of Topliss-reactive ketones (excluding diaryl/α,β-unsaturated/α-hetero) is 1. The molecule has 0 unspecified atom stereocenters. The lowest BCUT2D eigenvalue weighted by Gasteiger charge is -2.00. The quantitative estimate of drug-likeness (QED) is 0.700. The normalized spacial score (nSPS) is 10.9. The Labute approximate surface area is 88.7 Å². The molecule has 3 nitrogen and oxygen atoms in total. The molecule has 0 atom stereocenters. The molecular formula is C12H14N2O. The number of fused-ring (bicyclic) bond motifs is 1. The van der Waals surface area contributed by atoms with Gasteiger partial charge in [-0.1, -0.05) is 19.1 Å². The summed E-state index contributed by atoms with van der Waals surface area (Å²) in [7, 11) is 1.88. The summed E-state index contributed by atoms with van der Waals surface area (Å²) in [6.45, 7) is 3.66. The van der Waals surface area contributed by atoms with Gasteiger partial charge in [-0.3, -0.25) is 9.48 Å². The van der Waals surface area contributed by atoms with Crippen LogP contribution in [-0.4, -0.2) is 15.6 Å². The highest BCUT2D eigenvalue weighted by Crippen LogP contribution is 2.22. The number of carbonyl (C=O) groups excluding carboxylic acids is 1. The fourth-order valence-corrected chi connectivity index (χ4v) is 1.96. The minimum atomic E-state index is 0.0891. The van der Waals surface area contributed by atoms with Crippen LogP contribution in [0.15, 0.2) is 18.2 Å². The number of aromatic nitrogens is 2. The fraction of sp³-hybridized carbons (Fsp3) is 0.333. The molecule has 0 radical (unpaired) electrons. The van der Waals surface area contributed by atoms with Gasteiger partial charge >= 0.3 is 0 Å². The summed E-state index contributed by atoms with van der Waals surface area (Å²) in [5.41, 5.74) is 2.75. The number of para-hydroxylation sites is 1. The van der Waals surface area contributed by atoms with Crippen LogP contribution in [-0.2, 0) is 13.5 Å². The Morgan fingerprint density at radius 3 is 2.80 bits per heavy atom.